The van der Waals surface area contributed by atoms with Crippen molar-refractivity contribution in [2.45, 2.75) is 46.1 Å². The number of benzene rings is 2. The number of nitrogens with one attached hydrogen (secondary N) is 2. The second kappa shape index (κ2) is 14.4. The molecule has 0 amide bonds. The van der Waals surface area contributed by atoms with E-state index in [0.717, 1.165) is 42.9 Å². The van der Waals surface area contributed by atoms with Crippen molar-refractivity contribution in [2.75, 3.05) is 37.9 Å². The fourth-order valence-electron chi connectivity index (χ4n) is 4.66. The van der Waals surface area contributed by atoms with Crippen molar-refractivity contribution >= 4 is 34.8 Å². The quantitative estimate of drug-likeness (QED) is 0.142. The second-order valence-corrected chi connectivity index (χ2v) is 10.4. The van der Waals surface area contributed by atoms with Gasteiger partial charge in [-0.3, -0.25) is 14.6 Å². The van der Waals surface area contributed by atoms with Gasteiger partial charge in [-0.15, -0.1) is 0 Å². The fourth-order valence-corrected chi connectivity index (χ4v) is 4.66. The Morgan fingerprint density at radius 2 is 1.95 bits per heavy atom. The summed E-state index contributed by atoms with van der Waals surface area (Å²) in [5.41, 5.74) is 6.68. The van der Waals surface area contributed by atoms with Crippen molar-refractivity contribution < 1.29 is 9.50 Å². The Hall–Kier alpha value is -4.24. The zero-order valence-corrected chi connectivity index (χ0v) is 24.8. The van der Waals surface area contributed by atoms with Crippen LogP contribution in [0.1, 0.15) is 49.9 Å². The highest BCUT2D eigenvalue weighted by atomic mass is 19.1. The molecule has 0 spiro atoms. The Bertz CT molecular complexity index is 1470. The van der Waals surface area contributed by atoms with Crippen LogP contribution in [0.25, 0.3) is 11.0 Å². The first-order valence-corrected chi connectivity index (χ1v) is 13.8. The molecule has 3 N–H and O–H groups in total. The number of anilines is 2. The van der Waals surface area contributed by atoms with E-state index in [0.29, 0.717) is 16.8 Å². The molecule has 41 heavy (non-hydrogen) atoms. The number of aryl methyl sites for hydroxylation is 2. The van der Waals surface area contributed by atoms with Gasteiger partial charge in [0.25, 0.3) is 6.01 Å². The van der Waals surface area contributed by atoms with Crippen molar-refractivity contribution in [1.29, 1.82) is 0 Å². The third-order valence-electron chi connectivity index (χ3n) is 6.70. The molecule has 0 atom stereocenters. The molecule has 1 heterocycles. The topological polar surface area (TPSA) is 90.1 Å². The van der Waals surface area contributed by atoms with E-state index in [2.05, 4.69) is 78.5 Å². The summed E-state index contributed by atoms with van der Waals surface area (Å²) in [4.78, 5) is 14.7. The molecule has 0 unspecified atom stereocenters. The molecule has 9 heteroatoms. The fraction of sp³-hybridized carbons (Fsp3) is 0.344. The van der Waals surface area contributed by atoms with Crippen LogP contribution in [0.2, 0.25) is 0 Å². The van der Waals surface area contributed by atoms with Gasteiger partial charge in [-0.1, -0.05) is 26.1 Å². The normalized spacial score (nSPS) is 12.0. The molecule has 2 aromatic carbocycles. The molecule has 3 rings (SSSR count). The lowest BCUT2D eigenvalue weighted by Gasteiger charge is -2.19. The monoisotopic (exact) mass is 559 g/mol. The van der Waals surface area contributed by atoms with Crippen molar-refractivity contribution in [2.24, 2.45) is 9.98 Å². The van der Waals surface area contributed by atoms with Gasteiger partial charge in [-0.05, 0) is 102 Å². The van der Waals surface area contributed by atoms with Crippen LogP contribution in [0, 0.1) is 5.82 Å². The van der Waals surface area contributed by atoms with Crippen LogP contribution in [-0.2, 0) is 12.8 Å². The van der Waals surface area contributed by atoms with Crippen LogP contribution >= 0.6 is 0 Å². The largest absolute Gasteiger partial charge is 0.480 e. The molecule has 0 saturated carbocycles. The minimum Gasteiger partial charge on any atom is -0.480 e. The molecule has 3 aromatic rings. The summed E-state index contributed by atoms with van der Waals surface area (Å²) < 4.78 is 16.7. The van der Waals surface area contributed by atoms with E-state index < -0.39 is 5.82 Å². The van der Waals surface area contributed by atoms with Gasteiger partial charge in [-0.2, -0.15) is 4.98 Å². The van der Waals surface area contributed by atoms with Crippen LogP contribution in [0.5, 0.6) is 6.01 Å². The van der Waals surface area contributed by atoms with E-state index in [1.807, 2.05) is 13.8 Å². The highest BCUT2D eigenvalue weighted by Gasteiger charge is 2.18. The molecule has 8 nitrogen and oxygen atoms in total. The minimum absolute atomic E-state index is 0.111. The van der Waals surface area contributed by atoms with Crippen molar-refractivity contribution in [3.8, 4) is 6.01 Å². The van der Waals surface area contributed by atoms with Gasteiger partial charge >= 0.3 is 0 Å². The third kappa shape index (κ3) is 7.91. The van der Waals surface area contributed by atoms with Gasteiger partial charge in [-0.25, -0.2) is 4.39 Å². The van der Waals surface area contributed by atoms with E-state index in [1.165, 1.54) is 23.4 Å². The molecule has 0 fully saturated rings. The maximum absolute atomic E-state index is 15.1. The summed E-state index contributed by atoms with van der Waals surface area (Å²) in [5.74, 6) is -0.538. The molecular weight excluding hydrogens is 517 g/mol. The van der Waals surface area contributed by atoms with E-state index in [4.69, 9.17) is 4.99 Å². The highest BCUT2D eigenvalue weighted by Crippen LogP contribution is 2.30. The van der Waals surface area contributed by atoms with Gasteiger partial charge in [0.15, 0.2) is 5.82 Å². The summed E-state index contributed by atoms with van der Waals surface area (Å²) in [7, 11) is 4.15. The zero-order valence-electron chi connectivity index (χ0n) is 24.8. The molecule has 0 aliphatic rings. The average Bonchev–Trinajstić information content (AvgIpc) is 3.27. The van der Waals surface area contributed by atoms with Crippen LogP contribution in [-0.4, -0.2) is 59.3 Å². The standard InChI is InChI=1S/C32H42FN7O/c1-9-22(5)37-29-19-28(23(10-2)16-24(29)12-11-15-39(7)8)36-20-35-27(13-14-34-6)25-17-26(33)31-30(18-25)40(21(3)4)32(41)38-31/h9,13-14,16-19,21,36-37H,1,5-6,10-12,15,20H2,2-4,7-8H3,(H,38,41)/b14-13-,35-27+. The molecular formula is C32H42FN7O. The maximum Gasteiger partial charge on any atom is 0.295 e. The molecule has 0 bridgehead atoms. The minimum atomic E-state index is -0.538. The number of aromatic nitrogens is 2. The van der Waals surface area contributed by atoms with Crippen LogP contribution in [0.15, 0.2) is 71.5 Å². The smallest absolute Gasteiger partial charge is 0.295 e. The van der Waals surface area contributed by atoms with Crippen LogP contribution in [0.4, 0.5) is 15.8 Å². The molecule has 0 aliphatic heterocycles. The summed E-state index contributed by atoms with van der Waals surface area (Å²) in [5, 5.41) is 17.1. The summed E-state index contributed by atoms with van der Waals surface area (Å²) >= 11 is 0. The first-order valence-electron chi connectivity index (χ1n) is 13.8. The van der Waals surface area contributed by atoms with Crippen molar-refractivity contribution in [1.82, 2.24) is 14.5 Å². The number of imidazole rings is 1. The van der Waals surface area contributed by atoms with E-state index in [9.17, 15) is 5.11 Å². The van der Waals surface area contributed by atoms with Gasteiger partial charge in [0.1, 0.15) is 12.2 Å². The molecule has 0 aliphatic carbocycles. The van der Waals surface area contributed by atoms with Crippen molar-refractivity contribution in [3.05, 3.63) is 84.0 Å². The summed E-state index contributed by atoms with van der Waals surface area (Å²) in [6.07, 6.45) is 7.69. The van der Waals surface area contributed by atoms with Crippen molar-refractivity contribution in [3.63, 3.8) is 0 Å². The molecule has 0 saturated heterocycles. The van der Waals surface area contributed by atoms with Crippen LogP contribution in [0.3, 0.4) is 0 Å². The Morgan fingerprint density at radius 1 is 1.20 bits per heavy atom. The third-order valence-corrected chi connectivity index (χ3v) is 6.70. The van der Waals surface area contributed by atoms with E-state index in [-0.39, 0.29) is 24.2 Å². The SMILES string of the molecule is C=CC(=C)Nc1cc(NC/N=C(\C=C/N=C)c2cc(F)c3nc(O)n(C(C)C)c3c2)c(CC)cc1CCCN(C)C. The molecule has 218 valence electrons. The number of rotatable bonds is 15. The summed E-state index contributed by atoms with van der Waals surface area (Å²) in [6.45, 7) is 18.5. The number of halogens is 1. The number of aromatic hydroxyl groups is 1. The van der Waals surface area contributed by atoms with Crippen LogP contribution < -0.4 is 10.6 Å². The Balaban J connectivity index is 1.97. The highest BCUT2D eigenvalue weighted by molar-refractivity contribution is 6.10. The van der Waals surface area contributed by atoms with E-state index >= 15 is 4.39 Å². The Morgan fingerprint density at radius 3 is 2.59 bits per heavy atom. The Labute approximate surface area is 242 Å². The predicted octanol–water partition coefficient (Wildman–Crippen LogP) is 6.70. The number of nitrogens with zero attached hydrogens (tertiary/aromatic N) is 5. The number of fused-ring (bicyclic) bond motifs is 1. The number of hydrogen-bond acceptors (Lipinski definition) is 7. The molecule has 1 aromatic heterocycles. The van der Waals surface area contributed by atoms with Gasteiger partial charge in [0, 0.05) is 34.9 Å². The average molecular weight is 560 g/mol. The number of allylic oxidation sites excluding steroid dienone is 2. The number of hydrogen-bond donors (Lipinski definition) is 3. The lowest BCUT2D eigenvalue weighted by Crippen LogP contribution is -2.14. The summed E-state index contributed by atoms with van der Waals surface area (Å²) in [6, 6.07) is 7.13. The van der Waals surface area contributed by atoms with Gasteiger partial charge in [0.2, 0.25) is 0 Å². The first kappa shape index (κ1) is 31.3. The molecule has 0 radical (unpaired) electrons. The second-order valence-electron chi connectivity index (χ2n) is 10.4. The lowest BCUT2D eigenvalue weighted by molar-refractivity contribution is 0.388. The first-order chi connectivity index (χ1) is 19.6. The Kier molecular flexibility index (Phi) is 11.0. The lowest BCUT2D eigenvalue weighted by atomic mass is 10.00. The maximum atomic E-state index is 15.1. The van der Waals surface area contributed by atoms with Gasteiger partial charge in [0.05, 0.1) is 11.2 Å². The predicted molar refractivity (Wildman–Crippen MR) is 171 cm³/mol. The number of aliphatic imine (C=N–C) groups is 2. The zero-order chi connectivity index (χ0) is 30.1. The van der Waals surface area contributed by atoms with Gasteiger partial charge < -0.3 is 20.6 Å². The van der Waals surface area contributed by atoms with E-state index in [1.54, 1.807) is 22.8 Å².